The number of benzene rings is 4. The summed E-state index contributed by atoms with van der Waals surface area (Å²) in [6, 6.07) is 36.5. The summed E-state index contributed by atoms with van der Waals surface area (Å²) in [5.74, 6) is 0. The molecule has 0 N–H and O–H groups in total. The molecular formula is C25H21ClO2PS+. The normalized spacial score (nSPS) is 11.9. The fourth-order valence-corrected chi connectivity index (χ4v) is 11.7. The van der Waals surface area contributed by atoms with Crippen LogP contribution in [0.4, 0.5) is 0 Å². The van der Waals surface area contributed by atoms with E-state index in [0.29, 0.717) is 9.92 Å². The van der Waals surface area contributed by atoms with E-state index in [0.717, 1.165) is 15.9 Å². The van der Waals surface area contributed by atoms with Crippen LogP contribution in [0.3, 0.4) is 0 Å². The third-order valence-corrected chi connectivity index (χ3v) is 12.8. The van der Waals surface area contributed by atoms with Crippen LogP contribution in [0.5, 0.6) is 0 Å². The summed E-state index contributed by atoms with van der Waals surface area (Å²) in [5, 5.41) is 3.64. The third-order valence-electron chi connectivity index (χ3n) is 5.13. The Balaban J connectivity index is 1.99. The van der Waals surface area contributed by atoms with Gasteiger partial charge >= 0.3 is 0 Å². The molecule has 4 aromatic carbocycles. The second-order valence-corrected chi connectivity index (χ2v) is 13.4. The number of hydrogen-bond donors (Lipinski definition) is 0. The lowest BCUT2D eigenvalue weighted by Gasteiger charge is -2.27. The van der Waals surface area contributed by atoms with Crippen LogP contribution in [0.25, 0.3) is 0 Å². The van der Waals surface area contributed by atoms with Gasteiger partial charge in [0.25, 0.3) is 0 Å². The Labute approximate surface area is 183 Å². The van der Waals surface area contributed by atoms with Gasteiger partial charge in [0, 0.05) is 5.02 Å². The van der Waals surface area contributed by atoms with E-state index in [1.165, 1.54) is 0 Å². The van der Waals surface area contributed by atoms with Crippen LogP contribution in [0.15, 0.2) is 120 Å². The van der Waals surface area contributed by atoms with Gasteiger partial charge in [-0.1, -0.05) is 66.2 Å². The summed E-state index contributed by atoms with van der Waals surface area (Å²) in [4.78, 5) is 0.291. The monoisotopic (exact) mass is 451 g/mol. The molecule has 0 aliphatic rings. The molecule has 0 amide bonds. The molecule has 0 bridgehead atoms. The van der Waals surface area contributed by atoms with Gasteiger partial charge < -0.3 is 0 Å². The van der Waals surface area contributed by atoms with E-state index >= 15 is 0 Å². The fourth-order valence-electron chi connectivity index (χ4n) is 3.69. The second-order valence-electron chi connectivity index (χ2n) is 7.01. The molecule has 0 unspecified atom stereocenters. The Bertz CT molecular complexity index is 1110. The van der Waals surface area contributed by atoms with E-state index in [4.69, 9.17) is 11.6 Å². The van der Waals surface area contributed by atoms with Crippen LogP contribution in [0.1, 0.15) is 0 Å². The van der Waals surface area contributed by atoms with Crippen molar-refractivity contribution >= 4 is 44.6 Å². The Kier molecular flexibility index (Phi) is 6.06. The highest BCUT2D eigenvalue weighted by molar-refractivity contribution is 8.09. The van der Waals surface area contributed by atoms with Crippen molar-refractivity contribution in [1.82, 2.24) is 0 Å². The molecule has 5 heteroatoms. The van der Waals surface area contributed by atoms with Gasteiger partial charge in [-0.05, 0) is 60.7 Å². The maximum absolute atomic E-state index is 13.7. The van der Waals surface area contributed by atoms with Gasteiger partial charge in [-0.2, -0.15) is 0 Å². The van der Waals surface area contributed by atoms with Gasteiger partial charge in [-0.3, -0.25) is 0 Å². The van der Waals surface area contributed by atoms with Crippen LogP contribution in [-0.4, -0.2) is 13.9 Å². The maximum atomic E-state index is 13.7. The molecule has 0 aliphatic heterocycles. The molecule has 30 heavy (non-hydrogen) atoms. The quantitative estimate of drug-likeness (QED) is 0.384. The molecule has 0 radical (unpaired) electrons. The van der Waals surface area contributed by atoms with Crippen LogP contribution < -0.4 is 15.9 Å². The molecule has 0 spiro atoms. The first-order valence-corrected chi connectivity index (χ1v) is 13.6. The topological polar surface area (TPSA) is 34.1 Å². The lowest BCUT2D eigenvalue weighted by atomic mass is 10.4. The lowest BCUT2D eigenvalue weighted by Crippen LogP contribution is -2.35. The number of halogens is 1. The zero-order valence-corrected chi connectivity index (χ0v) is 18.7. The molecular weight excluding hydrogens is 431 g/mol. The van der Waals surface area contributed by atoms with E-state index in [1.54, 1.807) is 24.3 Å². The largest absolute Gasteiger partial charge is 0.220 e. The Morgan fingerprint density at radius 1 is 0.567 bits per heavy atom. The van der Waals surface area contributed by atoms with E-state index in [2.05, 4.69) is 0 Å². The second kappa shape index (κ2) is 8.73. The average Bonchev–Trinajstić information content (AvgIpc) is 2.79. The van der Waals surface area contributed by atoms with Gasteiger partial charge in [-0.15, -0.1) is 0 Å². The Morgan fingerprint density at radius 3 is 1.30 bits per heavy atom. The van der Waals surface area contributed by atoms with Crippen LogP contribution in [0, 0.1) is 0 Å². The molecule has 0 heterocycles. The van der Waals surface area contributed by atoms with Crippen molar-refractivity contribution in [3.8, 4) is 0 Å². The van der Waals surface area contributed by atoms with Crippen molar-refractivity contribution in [1.29, 1.82) is 0 Å². The van der Waals surface area contributed by atoms with Gasteiger partial charge in [0.1, 0.15) is 23.2 Å². The van der Waals surface area contributed by atoms with E-state index in [-0.39, 0.29) is 5.49 Å². The molecule has 0 fully saturated rings. The van der Waals surface area contributed by atoms with Crippen molar-refractivity contribution in [2.45, 2.75) is 4.90 Å². The zero-order chi connectivity index (χ0) is 21.0. The Morgan fingerprint density at radius 2 is 0.933 bits per heavy atom. The molecule has 0 saturated heterocycles. The first-order valence-electron chi connectivity index (χ1n) is 9.56. The molecule has 2 nitrogen and oxygen atoms in total. The highest BCUT2D eigenvalue weighted by atomic mass is 35.5. The summed E-state index contributed by atoms with van der Waals surface area (Å²) in [7, 11) is -6.06. The minimum atomic E-state index is -3.59. The lowest BCUT2D eigenvalue weighted by molar-refractivity contribution is 0.600. The first-order chi connectivity index (χ1) is 14.5. The molecule has 0 atom stereocenters. The first kappa shape index (κ1) is 20.8. The summed E-state index contributed by atoms with van der Waals surface area (Å²) in [5.41, 5.74) is 0.0136. The minimum absolute atomic E-state index is 0.0136. The molecule has 4 rings (SSSR count). The predicted molar refractivity (Wildman–Crippen MR) is 129 cm³/mol. The standard InChI is InChI=1S/C25H21ClO2PS/c26-21-16-18-25(19-17-21)30(27,28)20-29(22-10-4-1-5-11-22,23-12-6-2-7-13-23)24-14-8-3-9-15-24/h1-19H,20H2/q+1. The number of sulfone groups is 1. The maximum Gasteiger partial charge on any atom is 0.213 e. The minimum Gasteiger partial charge on any atom is -0.220 e. The highest BCUT2D eigenvalue weighted by Crippen LogP contribution is 2.56. The van der Waals surface area contributed by atoms with E-state index < -0.39 is 17.1 Å². The van der Waals surface area contributed by atoms with Crippen LogP contribution in [0.2, 0.25) is 5.02 Å². The van der Waals surface area contributed by atoms with E-state index in [9.17, 15) is 8.42 Å². The predicted octanol–water partition coefficient (Wildman–Crippen LogP) is 5.07. The summed E-state index contributed by atoms with van der Waals surface area (Å²) in [6.45, 7) is 0. The summed E-state index contributed by atoms with van der Waals surface area (Å²) in [6.07, 6.45) is 0. The average molecular weight is 452 g/mol. The molecule has 150 valence electrons. The van der Waals surface area contributed by atoms with Crippen molar-refractivity contribution in [2.75, 3.05) is 5.49 Å². The van der Waals surface area contributed by atoms with Gasteiger partial charge in [0.05, 0.1) is 4.90 Å². The molecule has 4 aromatic rings. The van der Waals surface area contributed by atoms with Crippen molar-refractivity contribution in [3.05, 3.63) is 120 Å². The number of hydrogen-bond acceptors (Lipinski definition) is 2. The fraction of sp³-hybridized carbons (Fsp3) is 0.0400. The van der Waals surface area contributed by atoms with Gasteiger partial charge in [-0.25, -0.2) is 8.42 Å². The molecule has 0 aromatic heterocycles. The summed E-state index contributed by atoms with van der Waals surface area (Å²) < 4.78 is 27.3. The van der Waals surface area contributed by atoms with E-state index in [1.807, 2.05) is 91.0 Å². The number of rotatable bonds is 6. The van der Waals surface area contributed by atoms with Crippen LogP contribution >= 0.6 is 18.9 Å². The van der Waals surface area contributed by atoms with Gasteiger partial charge in [0.2, 0.25) is 9.84 Å². The molecule has 0 aliphatic carbocycles. The highest BCUT2D eigenvalue weighted by Gasteiger charge is 2.49. The van der Waals surface area contributed by atoms with Crippen molar-refractivity contribution in [3.63, 3.8) is 0 Å². The van der Waals surface area contributed by atoms with Gasteiger partial charge in [0.15, 0.2) is 5.49 Å². The molecule has 0 saturated carbocycles. The smallest absolute Gasteiger partial charge is 0.213 e. The third kappa shape index (κ3) is 4.06. The van der Waals surface area contributed by atoms with Crippen molar-refractivity contribution < 1.29 is 8.42 Å². The summed E-state index contributed by atoms with van der Waals surface area (Å²) >= 11 is 5.99. The van der Waals surface area contributed by atoms with Crippen molar-refractivity contribution in [2.24, 2.45) is 0 Å². The Hall–Kier alpha value is -2.45. The zero-order valence-electron chi connectivity index (χ0n) is 16.2. The SMILES string of the molecule is O=S(=O)(C[P+](c1ccccc1)(c1ccccc1)c1ccccc1)c1ccc(Cl)cc1. The van der Waals surface area contributed by atoms with Crippen LogP contribution in [-0.2, 0) is 9.84 Å².